The van der Waals surface area contributed by atoms with Crippen LogP contribution in [-0.2, 0) is 12.1 Å². The SMILES string of the molecule is COc1ccc(N2CCN(Cn3[nH]c(C(C)(C)C)nc3=S)CC2)cc1. The van der Waals surface area contributed by atoms with Gasteiger partial charge in [-0.3, -0.25) is 10.00 Å². The van der Waals surface area contributed by atoms with Crippen molar-refractivity contribution in [2.45, 2.75) is 32.9 Å². The van der Waals surface area contributed by atoms with Crippen molar-refractivity contribution in [1.29, 1.82) is 0 Å². The number of methoxy groups -OCH3 is 1. The van der Waals surface area contributed by atoms with E-state index in [1.807, 2.05) is 16.8 Å². The van der Waals surface area contributed by atoms with Gasteiger partial charge in [-0.05, 0) is 36.5 Å². The molecule has 1 aliphatic rings. The number of hydrogen-bond acceptors (Lipinski definition) is 5. The van der Waals surface area contributed by atoms with Crippen molar-refractivity contribution in [1.82, 2.24) is 19.7 Å². The maximum absolute atomic E-state index is 5.41. The Morgan fingerprint density at radius 1 is 1.12 bits per heavy atom. The van der Waals surface area contributed by atoms with Gasteiger partial charge in [0, 0.05) is 37.3 Å². The fraction of sp³-hybridized carbons (Fsp3) is 0.556. The second-order valence-corrected chi connectivity index (χ2v) is 7.84. The number of piperazine rings is 1. The summed E-state index contributed by atoms with van der Waals surface area (Å²) in [5.41, 5.74) is 1.22. The smallest absolute Gasteiger partial charge is 0.217 e. The number of ether oxygens (including phenoxy) is 1. The average Bonchev–Trinajstić information content (AvgIpc) is 2.97. The van der Waals surface area contributed by atoms with Crippen molar-refractivity contribution in [3.05, 3.63) is 34.9 Å². The minimum absolute atomic E-state index is 0.0220. The maximum atomic E-state index is 5.41. The van der Waals surface area contributed by atoms with Gasteiger partial charge in [-0.1, -0.05) is 20.8 Å². The minimum atomic E-state index is -0.0220. The van der Waals surface area contributed by atoms with Crippen LogP contribution in [0.2, 0.25) is 0 Å². The number of hydrogen-bond donors (Lipinski definition) is 1. The zero-order valence-corrected chi connectivity index (χ0v) is 16.3. The number of benzene rings is 1. The van der Waals surface area contributed by atoms with E-state index in [-0.39, 0.29) is 5.41 Å². The molecule has 1 aromatic carbocycles. The molecule has 0 saturated carbocycles. The second-order valence-electron chi connectivity index (χ2n) is 7.48. The van der Waals surface area contributed by atoms with E-state index in [1.165, 1.54) is 5.69 Å². The van der Waals surface area contributed by atoms with Crippen LogP contribution in [0.25, 0.3) is 0 Å². The number of nitrogens with one attached hydrogen (secondary N) is 1. The van der Waals surface area contributed by atoms with Crippen molar-refractivity contribution < 1.29 is 4.74 Å². The van der Waals surface area contributed by atoms with Gasteiger partial charge in [0.1, 0.15) is 11.6 Å². The van der Waals surface area contributed by atoms with Crippen LogP contribution >= 0.6 is 12.2 Å². The number of aromatic amines is 1. The molecule has 0 aliphatic carbocycles. The molecule has 0 bridgehead atoms. The van der Waals surface area contributed by atoms with Crippen LogP contribution < -0.4 is 9.64 Å². The lowest BCUT2D eigenvalue weighted by atomic mass is 9.96. The van der Waals surface area contributed by atoms with Gasteiger partial charge >= 0.3 is 0 Å². The van der Waals surface area contributed by atoms with Gasteiger partial charge in [-0.2, -0.15) is 0 Å². The van der Waals surface area contributed by atoms with E-state index in [4.69, 9.17) is 17.0 Å². The van der Waals surface area contributed by atoms with Crippen molar-refractivity contribution in [2.24, 2.45) is 0 Å². The zero-order chi connectivity index (χ0) is 18.0. The van der Waals surface area contributed by atoms with E-state index in [9.17, 15) is 0 Å². The first-order chi connectivity index (χ1) is 11.9. The predicted octanol–water partition coefficient (Wildman–Crippen LogP) is 3.03. The monoisotopic (exact) mass is 361 g/mol. The summed E-state index contributed by atoms with van der Waals surface area (Å²) in [6.07, 6.45) is 0. The first kappa shape index (κ1) is 17.9. The number of nitrogens with zero attached hydrogens (tertiary/aromatic N) is 4. The van der Waals surface area contributed by atoms with Gasteiger partial charge in [0.05, 0.1) is 13.8 Å². The van der Waals surface area contributed by atoms with E-state index in [1.54, 1.807) is 7.11 Å². The molecule has 0 spiro atoms. The van der Waals surface area contributed by atoms with E-state index in [0.717, 1.165) is 44.4 Å². The Labute approximate surface area is 154 Å². The number of H-pyrrole nitrogens is 1. The Morgan fingerprint density at radius 2 is 1.76 bits per heavy atom. The average molecular weight is 362 g/mol. The Kier molecular flexibility index (Phi) is 5.15. The number of anilines is 1. The molecular weight excluding hydrogens is 334 g/mol. The van der Waals surface area contributed by atoms with E-state index in [2.05, 4.69) is 52.8 Å². The van der Waals surface area contributed by atoms with Crippen molar-refractivity contribution >= 4 is 17.9 Å². The molecule has 7 heteroatoms. The molecule has 1 aromatic heterocycles. The second kappa shape index (κ2) is 7.17. The molecule has 3 rings (SSSR count). The summed E-state index contributed by atoms with van der Waals surface area (Å²) in [7, 11) is 1.69. The molecule has 136 valence electrons. The molecule has 1 saturated heterocycles. The van der Waals surface area contributed by atoms with E-state index < -0.39 is 0 Å². The Bertz CT molecular complexity index is 751. The largest absolute Gasteiger partial charge is 0.497 e. The third kappa shape index (κ3) is 4.22. The molecular formula is C18H27N5OS. The molecule has 6 nitrogen and oxygen atoms in total. The fourth-order valence-corrected chi connectivity index (χ4v) is 3.12. The Balaban J connectivity index is 1.59. The van der Waals surface area contributed by atoms with Crippen LogP contribution in [0.4, 0.5) is 5.69 Å². The van der Waals surface area contributed by atoms with Crippen LogP contribution in [0.5, 0.6) is 5.75 Å². The van der Waals surface area contributed by atoms with Crippen LogP contribution in [-0.4, -0.2) is 53.0 Å². The van der Waals surface area contributed by atoms with Crippen molar-refractivity contribution in [2.75, 3.05) is 38.2 Å². The molecule has 0 atom stereocenters. The van der Waals surface area contributed by atoms with Gasteiger partial charge in [-0.25, -0.2) is 9.67 Å². The molecule has 25 heavy (non-hydrogen) atoms. The van der Waals surface area contributed by atoms with Crippen LogP contribution in [0.3, 0.4) is 0 Å². The maximum Gasteiger partial charge on any atom is 0.217 e. The van der Waals surface area contributed by atoms with Crippen LogP contribution in [0.15, 0.2) is 24.3 Å². The fourth-order valence-electron chi connectivity index (χ4n) is 2.93. The first-order valence-corrected chi connectivity index (χ1v) is 9.06. The molecule has 0 radical (unpaired) electrons. The molecule has 2 aromatic rings. The van der Waals surface area contributed by atoms with Gasteiger partial charge in [0.25, 0.3) is 0 Å². The normalized spacial score (nSPS) is 16.2. The van der Waals surface area contributed by atoms with Crippen molar-refractivity contribution in [3.63, 3.8) is 0 Å². The summed E-state index contributed by atoms with van der Waals surface area (Å²) in [4.78, 5) is 9.31. The molecule has 0 unspecified atom stereocenters. The van der Waals surface area contributed by atoms with Crippen LogP contribution in [0, 0.1) is 4.77 Å². The summed E-state index contributed by atoms with van der Waals surface area (Å²) in [6, 6.07) is 8.27. The molecule has 1 fully saturated rings. The minimum Gasteiger partial charge on any atom is -0.497 e. The van der Waals surface area contributed by atoms with Gasteiger partial charge in [0.2, 0.25) is 4.77 Å². The quantitative estimate of drug-likeness (QED) is 0.849. The highest BCUT2D eigenvalue weighted by atomic mass is 32.1. The lowest BCUT2D eigenvalue weighted by molar-refractivity contribution is 0.193. The van der Waals surface area contributed by atoms with Crippen molar-refractivity contribution in [3.8, 4) is 5.75 Å². The van der Waals surface area contributed by atoms with E-state index >= 15 is 0 Å². The van der Waals surface area contributed by atoms with E-state index in [0.29, 0.717) is 4.77 Å². The first-order valence-electron chi connectivity index (χ1n) is 8.65. The Hall–Kier alpha value is -1.86. The summed E-state index contributed by atoms with van der Waals surface area (Å²) in [5, 5.41) is 3.36. The number of aromatic nitrogens is 3. The highest BCUT2D eigenvalue weighted by Crippen LogP contribution is 2.21. The Morgan fingerprint density at radius 3 is 2.28 bits per heavy atom. The number of rotatable bonds is 4. The molecule has 1 N–H and O–H groups in total. The molecule has 2 heterocycles. The lowest BCUT2D eigenvalue weighted by Gasteiger charge is -2.36. The van der Waals surface area contributed by atoms with Crippen LogP contribution in [0.1, 0.15) is 26.6 Å². The summed E-state index contributed by atoms with van der Waals surface area (Å²) >= 11 is 5.41. The molecule has 0 amide bonds. The highest BCUT2D eigenvalue weighted by molar-refractivity contribution is 7.71. The predicted molar refractivity (Wildman–Crippen MR) is 103 cm³/mol. The third-order valence-corrected chi connectivity index (χ3v) is 4.85. The lowest BCUT2D eigenvalue weighted by Crippen LogP contribution is -2.47. The standard InChI is InChI=1S/C18H27N5OS/c1-18(2,3)16-19-17(25)23(20-16)13-21-9-11-22(12-10-21)14-5-7-15(24-4)8-6-14/h5-8H,9-13H2,1-4H3,(H,19,20,25). The van der Waals surface area contributed by atoms with Gasteiger partial charge in [-0.15, -0.1) is 0 Å². The molecule has 1 aliphatic heterocycles. The zero-order valence-electron chi connectivity index (χ0n) is 15.5. The topological polar surface area (TPSA) is 49.3 Å². The highest BCUT2D eigenvalue weighted by Gasteiger charge is 2.21. The van der Waals surface area contributed by atoms with Gasteiger partial charge < -0.3 is 9.64 Å². The van der Waals surface area contributed by atoms with Gasteiger partial charge in [0.15, 0.2) is 0 Å². The summed E-state index contributed by atoms with van der Waals surface area (Å²) < 4.78 is 7.83. The summed E-state index contributed by atoms with van der Waals surface area (Å²) in [5.74, 6) is 1.83. The summed E-state index contributed by atoms with van der Waals surface area (Å²) in [6.45, 7) is 11.2. The third-order valence-electron chi connectivity index (χ3n) is 4.54.